The van der Waals surface area contributed by atoms with Gasteiger partial charge in [0.15, 0.2) is 0 Å². The largest absolute Gasteiger partial charge is 0.442 e. The van der Waals surface area contributed by atoms with Crippen LogP contribution in [0.4, 0.5) is 10.6 Å². The van der Waals surface area contributed by atoms with Crippen LogP contribution >= 0.6 is 0 Å². The van der Waals surface area contributed by atoms with Crippen molar-refractivity contribution in [2.75, 3.05) is 5.32 Å². The van der Waals surface area contributed by atoms with Gasteiger partial charge < -0.3 is 15.4 Å². The number of ether oxygens (including phenoxy) is 1. The van der Waals surface area contributed by atoms with Crippen molar-refractivity contribution < 1.29 is 14.3 Å². The predicted octanol–water partition coefficient (Wildman–Crippen LogP) is 6.69. The first-order valence-electron chi connectivity index (χ1n) is 14.4. The number of aromatic nitrogens is 4. The van der Waals surface area contributed by atoms with Gasteiger partial charge in [0.25, 0.3) is 5.91 Å². The van der Waals surface area contributed by atoms with Crippen molar-refractivity contribution >= 4 is 17.8 Å². The van der Waals surface area contributed by atoms with E-state index in [1.165, 1.54) is 10.2 Å². The Labute approximate surface area is 237 Å². The second-order valence-electron chi connectivity index (χ2n) is 12.2. The molecule has 1 aliphatic rings. The monoisotopic (exact) mass is 548 g/mol. The van der Waals surface area contributed by atoms with E-state index in [2.05, 4.69) is 41.7 Å². The lowest BCUT2D eigenvalue weighted by Crippen LogP contribution is -2.46. The number of nitrogens with zero attached hydrogens (tertiary/aromatic N) is 4. The molecule has 1 aromatic carbocycles. The molecule has 0 spiro atoms. The Balaban J connectivity index is 1.68. The molecule has 4 rings (SSSR count). The van der Waals surface area contributed by atoms with Crippen molar-refractivity contribution in [3.63, 3.8) is 0 Å². The third kappa shape index (κ3) is 5.64. The standard InChI is InChI=1S/C31H44N6O3/c1-9-17-30(8)18-25(22-15-13-12-14-16-22)33-26-23(19-32-37(26)30)27(38)34-31(10-2,11-3)24-20-36(35-21(24)4)28(39)40-29(5,6)7/h12-16,19-20,25,33H,9-11,17-18H2,1-8H3,(H,34,38). The van der Waals surface area contributed by atoms with Crippen LogP contribution in [0.1, 0.15) is 114 Å². The first kappa shape index (κ1) is 29.4. The van der Waals surface area contributed by atoms with Crippen molar-refractivity contribution in [1.82, 2.24) is 24.9 Å². The highest BCUT2D eigenvalue weighted by Gasteiger charge is 2.41. The Morgan fingerprint density at radius 3 is 2.42 bits per heavy atom. The van der Waals surface area contributed by atoms with E-state index in [4.69, 9.17) is 9.84 Å². The van der Waals surface area contributed by atoms with Crippen molar-refractivity contribution in [2.45, 2.75) is 110 Å². The van der Waals surface area contributed by atoms with Crippen LogP contribution in [0.25, 0.3) is 0 Å². The number of anilines is 1. The number of hydrogen-bond acceptors (Lipinski definition) is 6. The van der Waals surface area contributed by atoms with Gasteiger partial charge >= 0.3 is 6.09 Å². The van der Waals surface area contributed by atoms with Crippen LogP contribution in [0.15, 0.2) is 42.7 Å². The van der Waals surface area contributed by atoms with Gasteiger partial charge in [-0.1, -0.05) is 57.5 Å². The minimum atomic E-state index is -0.726. The zero-order valence-electron chi connectivity index (χ0n) is 25.2. The third-order valence-corrected chi connectivity index (χ3v) is 8.03. The summed E-state index contributed by atoms with van der Waals surface area (Å²) in [6, 6.07) is 10.4. The molecular weight excluding hydrogens is 504 g/mol. The summed E-state index contributed by atoms with van der Waals surface area (Å²) < 4.78 is 8.74. The second-order valence-corrected chi connectivity index (χ2v) is 12.2. The molecule has 2 N–H and O–H groups in total. The van der Waals surface area contributed by atoms with Gasteiger partial charge in [0.2, 0.25) is 0 Å². The van der Waals surface area contributed by atoms with Gasteiger partial charge in [-0.2, -0.15) is 14.9 Å². The Morgan fingerprint density at radius 2 is 1.82 bits per heavy atom. The molecule has 0 saturated heterocycles. The Hall–Kier alpha value is -3.62. The molecule has 3 aromatic rings. The van der Waals surface area contributed by atoms with E-state index in [-0.39, 0.29) is 17.5 Å². The molecule has 2 atom stereocenters. The first-order valence-corrected chi connectivity index (χ1v) is 14.4. The average Bonchev–Trinajstić information content (AvgIpc) is 3.52. The summed E-state index contributed by atoms with van der Waals surface area (Å²) in [5, 5.41) is 16.1. The fraction of sp³-hybridized carbons (Fsp3) is 0.548. The van der Waals surface area contributed by atoms with Gasteiger partial charge in [-0.05, 0) is 65.9 Å². The molecule has 0 bridgehead atoms. The summed E-state index contributed by atoms with van der Waals surface area (Å²) in [7, 11) is 0. The van der Waals surface area contributed by atoms with Gasteiger partial charge in [-0.3, -0.25) is 4.79 Å². The summed E-state index contributed by atoms with van der Waals surface area (Å²) in [6.45, 7) is 15.8. The maximum absolute atomic E-state index is 14.0. The van der Waals surface area contributed by atoms with Gasteiger partial charge in [0.1, 0.15) is 17.0 Å². The number of nitrogens with one attached hydrogen (secondary N) is 2. The summed E-state index contributed by atoms with van der Waals surface area (Å²) in [4.78, 5) is 26.7. The topological polar surface area (TPSA) is 103 Å². The molecule has 0 aliphatic carbocycles. The van der Waals surface area contributed by atoms with Crippen molar-refractivity contribution in [2.24, 2.45) is 0 Å². The van der Waals surface area contributed by atoms with E-state index >= 15 is 0 Å². The minimum Gasteiger partial charge on any atom is -0.442 e. The number of rotatable bonds is 8. The Morgan fingerprint density at radius 1 is 1.15 bits per heavy atom. The normalized spacial score (nSPS) is 19.1. The van der Waals surface area contributed by atoms with E-state index in [9.17, 15) is 9.59 Å². The van der Waals surface area contributed by atoms with E-state index < -0.39 is 17.2 Å². The maximum atomic E-state index is 14.0. The molecule has 3 heterocycles. The Kier molecular flexibility index (Phi) is 8.15. The molecule has 2 unspecified atom stereocenters. The summed E-state index contributed by atoms with van der Waals surface area (Å²) in [6.07, 6.45) is 6.88. The van der Waals surface area contributed by atoms with Gasteiger partial charge in [-0.25, -0.2) is 9.48 Å². The van der Waals surface area contributed by atoms with Gasteiger partial charge in [0, 0.05) is 11.8 Å². The second kappa shape index (κ2) is 11.1. The molecular formula is C31H44N6O3. The van der Waals surface area contributed by atoms with E-state index in [1.54, 1.807) is 12.4 Å². The molecule has 2 aromatic heterocycles. The maximum Gasteiger partial charge on any atom is 0.435 e. The molecule has 40 heavy (non-hydrogen) atoms. The number of amides is 1. The zero-order valence-corrected chi connectivity index (χ0v) is 25.2. The molecule has 9 nitrogen and oxygen atoms in total. The SMILES string of the molecule is CCCC1(C)CC(c2ccccc2)Nc2c(C(=O)NC(CC)(CC)c3cn(C(=O)OC(C)(C)C)nc3C)cnn21. The minimum absolute atomic E-state index is 0.0601. The summed E-state index contributed by atoms with van der Waals surface area (Å²) in [5.74, 6) is 0.519. The zero-order chi connectivity index (χ0) is 29.3. The van der Waals surface area contributed by atoms with Gasteiger partial charge in [0.05, 0.1) is 29.0 Å². The van der Waals surface area contributed by atoms with Gasteiger partial charge in [-0.15, -0.1) is 0 Å². The van der Waals surface area contributed by atoms with Crippen LogP contribution in [0, 0.1) is 6.92 Å². The highest BCUT2D eigenvalue weighted by molar-refractivity contribution is 5.99. The van der Waals surface area contributed by atoms with E-state index in [1.807, 2.05) is 64.4 Å². The van der Waals surface area contributed by atoms with Crippen LogP contribution in [0.2, 0.25) is 0 Å². The number of aryl methyl sites for hydroxylation is 1. The average molecular weight is 549 g/mol. The number of carbonyl (C=O) groups excluding carboxylic acids is 2. The quantitative estimate of drug-likeness (QED) is 0.325. The lowest BCUT2D eigenvalue weighted by molar-refractivity contribution is 0.0513. The molecule has 0 saturated carbocycles. The van der Waals surface area contributed by atoms with Crippen molar-refractivity contribution in [1.29, 1.82) is 0 Å². The van der Waals surface area contributed by atoms with Crippen LogP contribution in [-0.2, 0) is 15.8 Å². The molecule has 1 amide bonds. The Bertz CT molecular complexity index is 1350. The van der Waals surface area contributed by atoms with Crippen LogP contribution in [0.3, 0.4) is 0 Å². The van der Waals surface area contributed by atoms with Crippen molar-refractivity contribution in [3.05, 3.63) is 65.1 Å². The molecule has 0 fully saturated rings. The molecule has 0 radical (unpaired) electrons. The lowest BCUT2D eigenvalue weighted by atomic mass is 9.83. The lowest BCUT2D eigenvalue weighted by Gasteiger charge is -2.41. The molecule has 9 heteroatoms. The van der Waals surface area contributed by atoms with Crippen molar-refractivity contribution in [3.8, 4) is 0 Å². The summed E-state index contributed by atoms with van der Waals surface area (Å²) in [5.41, 5.74) is 1.56. The highest BCUT2D eigenvalue weighted by atomic mass is 16.6. The first-order chi connectivity index (χ1) is 18.9. The predicted molar refractivity (Wildman–Crippen MR) is 157 cm³/mol. The molecule has 1 aliphatic heterocycles. The number of carbonyl (C=O) groups is 2. The van der Waals surface area contributed by atoms with Crippen LogP contribution in [-0.4, -0.2) is 37.2 Å². The number of benzene rings is 1. The fourth-order valence-electron chi connectivity index (χ4n) is 5.93. The fourth-order valence-corrected chi connectivity index (χ4v) is 5.93. The van der Waals surface area contributed by atoms with E-state index in [0.29, 0.717) is 24.1 Å². The smallest absolute Gasteiger partial charge is 0.435 e. The van der Waals surface area contributed by atoms with E-state index in [0.717, 1.165) is 30.6 Å². The third-order valence-electron chi connectivity index (χ3n) is 8.03. The molecule has 216 valence electrons. The number of fused-ring (bicyclic) bond motifs is 1. The van der Waals surface area contributed by atoms with Crippen LogP contribution < -0.4 is 10.6 Å². The highest BCUT2D eigenvalue weighted by Crippen LogP contribution is 2.43. The summed E-state index contributed by atoms with van der Waals surface area (Å²) >= 11 is 0. The number of hydrogen-bond donors (Lipinski definition) is 2. The van der Waals surface area contributed by atoms with Crippen LogP contribution in [0.5, 0.6) is 0 Å².